The van der Waals surface area contributed by atoms with Crippen LogP contribution in [0.25, 0.3) is 0 Å². The van der Waals surface area contributed by atoms with E-state index >= 15 is 0 Å². The van der Waals surface area contributed by atoms with Gasteiger partial charge in [0.15, 0.2) is 0 Å². The zero-order chi connectivity index (χ0) is 13.1. The van der Waals surface area contributed by atoms with E-state index in [4.69, 9.17) is 28.9 Å². The third-order valence-corrected chi connectivity index (χ3v) is 4.51. The molecule has 17 heavy (non-hydrogen) atoms. The second kappa shape index (κ2) is 6.08. The van der Waals surface area contributed by atoms with Crippen LogP contribution in [0.5, 0.6) is 0 Å². The lowest BCUT2D eigenvalue weighted by Gasteiger charge is -2.32. The Morgan fingerprint density at radius 1 is 1.24 bits per heavy atom. The highest BCUT2D eigenvalue weighted by Gasteiger charge is 2.26. The third kappa shape index (κ3) is 3.87. The smallest absolute Gasteiger partial charge is 0.0595 e. The summed E-state index contributed by atoms with van der Waals surface area (Å²) < 4.78 is 0. The number of hydrogen-bond donors (Lipinski definition) is 1. The average Bonchev–Trinajstić information content (AvgIpc) is 2.30. The van der Waals surface area contributed by atoms with Gasteiger partial charge in [-0.05, 0) is 42.0 Å². The third-order valence-electron chi connectivity index (χ3n) is 3.77. The Morgan fingerprint density at radius 3 is 2.35 bits per heavy atom. The van der Waals surface area contributed by atoms with Crippen molar-refractivity contribution >= 4 is 23.2 Å². The highest BCUT2D eigenvalue weighted by atomic mass is 35.5. The molecule has 1 aromatic carbocycles. The molecule has 0 fully saturated rings. The number of rotatable bonds is 5. The normalized spacial score (nSPS) is 13.8. The van der Waals surface area contributed by atoms with Gasteiger partial charge in [0.25, 0.3) is 0 Å². The van der Waals surface area contributed by atoms with Crippen molar-refractivity contribution in [3.8, 4) is 0 Å². The lowest BCUT2D eigenvalue weighted by Crippen LogP contribution is -2.31. The lowest BCUT2D eigenvalue weighted by atomic mass is 9.74. The summed E-state index contributed by atoms with van der Waals surface area (Å²) in [4.78, 5) is 0. The number of benzene rings is 1. The summed E-state index contributed by atoms with van der Waals surface area (Å²) in [5, 5.41) is 1.23. The molecule has 3 heteroatoms. The summed E-state index contributed by atoms with van der Waals surface area (Å²) in [5.74, 6) is 0.463. The molecule has 0 aliphatic carbocycles. The fourth-order valence-electron chi connectivity index (χ4n) is 1.92. The minimum absolute atomic E-state index is 0.251. The molecule has 1 atom stereocenters. The number of halogens is 2. The zero-order valence-corrected chi connectivity index (χ0v) is 12.3. The van der Waals surface area contributed by atoms with E-state index in [2.05, 4.69) is 20.8 Å². The molecule has 0 amide bonds. The zero-order valence-electron chi connectivity index (χ0n) is 10.8. The van der Waals surface area contributed by atoms with Crippen molar-refractivity contribution in [2.24, 2.45) is 17.1 Å². The van der Waals surface area contributed by atoms with Crippen LogP contribution in [0.4, 0.5) is 0 Å². The molecule has 0 bridgehead atoms. The van der Waals surface area contributed by atoms with Gasteiger partial charge < -0.3 is 5.73 Å². The number of hydrogen-bond acceptors (Lipinski definition) is 1. The lowest BCUT2D eigenvalue weighted by molar-refractivity contribution is 0.208. The molecule has 1 nitrogen and oxygen atoms in total. The maximum atomic E-state index is 6.03. The van der Waals surface area contributed by atoms with E-state index in [9.17, 15) is 0 Å². The molecule has 1 aromatic rings. The summed E-state index contributed by atoms with van der Waals surface area (Å²) in [6.45, 7) is 7.43. The van der Waals surface area contributed by atoms with Crippen LogP contribution < -0.4 is 5.73 Å². The van der Waals surface area contributed by atoms with Crippen LogP contribution in [0, 0.1) is 11.3 Å². The van der Waals surface area contributed by atoms with E-state index in [-0.39, 0.29) is 5.41 Å². The van der Waals surface area contributed by atoms with Crippen molar-refractivity contribution in [3.63, 3.8) is 0 Å². The molecular formula is C14H21Cl2N. The van der Waals surface area contributed by atoms with Gasteiger partial charge in [-0.2, -0.15) is 0 Å². The molecule has 2 N–H and O–H groups in total. The minimum Gasteiger partial charge on any atom is -0.330 e. The Hall–Kier alpha value is -0.240. The van der Waals surface area contributed by atoms with Gasteiger partial charge in [-0.25, -0.2) is 0 Å². The second-order valence-corrected chi connectivity index (χ2v) is 6.04. The van der Waals surface area contributed by atoms with E-state index in [1.807, 2.05) is 18.2 Å². The van der Waals surface area contributed by atoms with Crippen molar-refractivity contribution in [3.05, 3.63) is 33.8 Å². The molecule has 1 rings (SSSR count). The maximum absolute atomic E-state index is 6.03. The van der Waals surface area contributed by atoms with Gasteiger partial charge in [0.2, 0.25) is 0 Å². The van der Waals surface area contributed by atoms with Crippen LogP contribution in [0.1, 0.15) is 32.8 Å². The van der Waals surface area contributed by atoms with Crippen LogP contribution in [0.3, 0.4) is 0 Å². The molecule has 0 aromatic heterocycles. The summed E-state index contributed by atoms with van der Waals surface area (Å²) in [5.41, 5.74) is 7.35. The first kappa shape index (κ1) is 14.8. The highest BCUT2D eigenvalue weighted by Crippen LogP contribution is 2.33. The molecule has 0 radical (unpaired) electrons. The van der Waals surface area contributed by atoms with E-state index in [0.717, 1.165) is 12.8 Å². The van der Waals surface area contributed by atoms with Crippen LogP contribution >= 0.6 is 23.2 Å². The SMILES string of the molecule is CCC(C)(C)[C@H](CN)Cc1ccc(Cl)c(Cl)c1. The maximum Gasteiger partial charge on any atom is 0.0595 e. The van der Waals surface area contributed by atoms with Gasteiger partial charge in [0.05, 0.1) is 10.0 Å². The Bertz CT molecular complexity index is 374. The van der Waals surface area contributed by atoms with Gasteiger partial charge in [0.1, 0.15) is 0 Å². The molecular weight excluding hydrogens is 253 g/mol. The Kier molecular flexibility index (Phi) is 5.30. The van der Waals surface area contributed by atoms with Crippen LogP contribution in [0.2, 0.25) is 10.0 Å². The fourth-order valence-corrected chi connectivity index (χ4v) is 2.24. The largest absolute Gasteiger partial charge is 0.330 e. The van der Waals surface area contributed by atoms with Crippen molar-refractivity contribution in [2.45, 2.75) is 33.6 Å². The summed E-state index contributed by atoms with van der Waals surface area (Å²) in [6.07, 6.45) is 2.07. The van der Waals surface area contributed by atoms with Crippen LogP contribution in [-0.4, -0.2) is 6.54 Å². The molecule has 0 saturated carbocycles. The molecule has 96 valence electrons. The Labute approximate surface area is 114 Å². The van der Waals surface area contributed by atoms with Crippen molar-refractivity contribution in [1.82, 2.24) is 0 Å². The van der Waals surface area contributed by atoms with Crippen molar-refractivity contribution < 1.29 is 0 Å². The number of nitrogens with two attached hydrogens (primary N) is 1. The molecule has 0 heterocycles. The highest BCUT2D eigenvalue weighted by molar-refractivity contribution is 6.42. The molecule has 0 saturated heterocycles. The van der Waals surface area contributed by atoms with Crippen molar-refractivity contribution in [1.29, 1.82) is 0 Å². The van der Waals surface area contributed by atoms with Gasteiger partial charge in [-0.15, -0.1) is 0 Å². The van der Waals surface area contributed by atoms with Crippen molar-refractivity contribution in [2.75, 3.05) is 6.54 Å². The predicted molar refractivity (Wildman–Crippen MR) is 76.8 cm³/mol. The molecule has 0 unspecified atom stereocenters. The van der Waals surface area contributed by atoms with Gasteiger partial charge in [-0.3, -0.25) is 0 Å². The summed E-state index contributed by atoms with van der Waals surface area (Å²) >= 11 is 11.9. The molecule has 0 aliphatic heterocycles. The van der Waals surface area contributed by atoms with E-state index in [1.54, 1.807) is 0 Å². The van der Waals surface area contributed by atoms with Gasteiger partial charge in [-0.1, -0.05) is 56.5 Å². The fraction of sp³-hybridized carbons (Fsp3) is 0.571. The topological polar surface area (TPSA) is 26.0 Å². The van der Waals surface area contributed by atoms with Crippen LogP contribution in [-0.2, 0) is 6.42 Å². The van der Waals surface area contributed by atoms with Gasteiger partial charge in [0, 0.05) is 0 Å². The first-order valence-electron chi connectivity index (χ1n) is 6.04. The Morgan fingerprint density at radius 2 is 1.88 bits per heavy atom. The molecule has 0 spiro atoms. The Balaban J connectivity index is 2.84. The quantitative estimate of drug-likeness (QED) is 0.837. The van der Waals surface area contributed by atoms with Gasteiger partial charge >= 0.3 is 0 Å². The summed E-state index contributed by atoms with van der Waals surface area (Å²) in [6, 6.07) is 5.83. The standard InChI is InChI=1S/C14H21Cl2N/c1-4-14(2,3)11(9-17)7-10-5-6-12(15)13(16)8-10/h5-6,8,11H,4,7,9,17H2,1-3H3/t11-/m0/s1. The first-order valence-corrected chi connectivity index (χ1v) is 6.80. The second-order valence-electron chi connectivity index (χ2n) is 5.23. The first-order chi connectivity index (χ1) is 7.90. The summed E-state index contributed by atoms with van der Waals surface area (Å²) in [7, 11) is 0. The van der Waals surface area contributed by atoms with E-state index < -0.39 is 0 Å². The van der Waals surface area contributed by atoms with E-state index in [1.165, 1.54) is 5.56 Å². The molecule has 0 aliphatic rings. The van der Waals surface area contributed by atoms with Crippen LogP contribution in [0.15, 0.2) is 18.2 Å². The predicted octanol–water partition coefficient (Wildman–Crippen LogP) is 4.55. The minimum atomic E-state index is 0.251. The monoisotopic (exact) mass is 273 g/mol. The average molecular weight is 274 g/mol. The van der Waals surface area contributed by atoms with E-state index in [0.29, 0.717) is 22.5 Å².